The third-order valence-electron chi connectivity index (χ3n) is 4.72. The molecule has 0 aliphatic rings. The van der Waals surface area contributed by atoms with Gasteiger partial charge in [-0.2, -0.15) is 4.31 Å². The number of aliphatic hydroxyl groups is 1. The molecule has 0 amide bonds. The first-order valence-electron chi connectivity index (χ1n) is 9.74. The highest BCUT2D eigenvalue weighted by molar-refractivity contribution is 7.89. The van der Waals surface area contributed by atoms with Crippen LogP contribution < -0.4 is 10.3 Å². The number of nitrogens with one attached hydrogen (secondary N) is 2. The van der Waals surface area contributed by atoms with Gasteiger partial charge < -0.3 is 10.3 Å². The summed E-state index contributed by atoms with van der Waals surface area (Å²) in [5, 5.41) is 16.9. The highest BCUT2D eigenvalue weighted by atomic mass is 32.2. The minimum atomic E-state index is -3.72. The standard InChI is InChI=1S/C20H31BN3O3PS/c1-15(2)13-24(29(26,27)18-10-8-17(22-21)9-11-18)14-20(25)19(23-28)12-16-6-4-3-5-7-16/h3-11,15,19-20,22-23,25H,12-14,21,28H2,1-2H3. The second-order valence-electron chi connectivity index (χ2n) is 7.52. The second kappa shape index (κ2) is 11.1. The number of benzene rings is 2. The van der Waals surface area contributed by atoms with Crippen LogP contribution in [0.4, 0.5) is 5.69 Å². The Morgan fingerprint density at radius 3 is 2.21 bits per heavy atom. The number of nitrogens with zero attached hydrogens (tertiary/aromatic N) is 1. The second-order valence-corrected chi connectivity index (χ2v) is 9.79. The van der Waals surface area contributed by atoms with E-state index >= 15 is 0 Å². The Morgan fingerprint density at radius 2 is 1.69 bits per heavy atom. The molecule has 29 heavy (non-hydrogen) atoms. The number of hydrogen-bond acceptors (Lipinski definition) is 5. The number of aliphatic hydroxyl groups excluding tert-OH is 1. The summed E-state index contributed by atoms with van der Waals surface area (Å²) in [7, 11) is 0.498. The Balaban J connectivity index is 2.21. The van der Waals surface area contributed by atoms with Crippen LogP contribution in [0.25, 0.3) is 0 Å². The molecule has 0 radical (unpaired) electrons. The summed E-state index contributed by atoms with van der Waals surface area (Å²) in [4.78, 5) is 0.225. The van der Waals surface area contributed by atoms with Gasteiger partial charge in [0.25, 0.3) is 0 Å². The molecule has 6 nitrogen and oxygen atoms in total. The van der Waals surface area contributed by atoms with Crippen molar-refractivity contribution in [2.45, 2.75) is 37.3 Å². The third-order valence-corrected chi connectivity index (χ3v) is 6.99. The van der Waals surface area contributed by atoms with Gasteiger partial charge in [0.2, 0.25) is 18.0 Å². The van der Waals surface area contributed by atoms with Crippen LogP contribution in [-0.2, 0) is 16.4 Å². The average Bonchev–Trinajstić information content (AvgIpc) is 2.71. The molecular formula is C20H31BN3O3PS. The molecule has 2 aromatic rings. The van der Waals surface area contributed by atoms with E-state index < -0.39 is 16.1 Å². The first kappa shape index (κ1) is 23.8. The van der Waals surface area contributed by atoms with Crippen LogP contribution in [0.15, 0.2) is 59.5 Å². The van der Waals surface area contributed by atoms with Crippen LogP contribution in [0.2, 0.25) is 0 Å². The molecule has 2 aromatic carbocycles. The fraction of sp³-hybridized carbons (Fsp3) is 0.400. The van der Waals surface area contributed by atoms with Crippen molar-refractivity contribution >= 4 is 33.1 Å². The van der Waals surface area contributed by atoms with E-state index in [-0.39, 0.29) is 23.4 Å². The normalized spacial score (nSPS) is 14.1. The fourth-order valence-corrected chi connectivity index (χ4v) is 5.09. The highest BCUT2D eigenvalue weighted by Crippen LogP contribution is 2.21. The van der Waals surface area contributed by atoms with E-state index in [1.807, 2.05) is 44.2 Å². The number of rotatable bonds is 11. The molecule has 158 valence electrons. The molecule has 0 bridgehead atoms. The summed E-state index contributed by atoms with van der Waals surface area (Å²) >= 11 is 0. The summed E-state index contributed by atoms with van der Waals surface area (Å²) in [5.74, 6) is 0.130. The zero-order chi connectivity index (χ0) is 21.4. The summed E-state index contributed by atoms with van der Waals surface area (Å²) in [6.45, 7) is 4.29. The van der Waals surface area contributed by atoms with E-state index in [1.54, 1.807) is 32.2 Å². The van der Waals surface area contributed by atoms with Crippen LogP contribution in [0, 0.1) is 5.92 Å². The van der Waals surface area contributed by atoms with Crippen LogP contribution in [-0.4, -0.2) is 51.0 Å². The lowest BCUT2D eigenvalue weighted by Gasteiger charge is -2.30. The minimum absolute atomic E-state index is 0.0210. The maximum atomic E-state index is 13.2. The van der Waals surface area contributed by atoms with Gasteiger partial charge in [0, 0.05) is 24.8 Å². The van der Waals surface area contributed by atoms with Gasteiger partial charge >= 0.3 is 0 Å². The van der Waals surface area contributed by atoms with Crippen molar-refractivity contribution in [3.8, 4) is 0 Å². The molecule has 0 saturated carbocycles. The van der Waals surface area contributed by atoms with Gasteiger partial charge in [-0.05, 0) is 42.2 Å². The Bertz CT molecular complexity index is 851. The Morgan fingerprint density at radius 1 is 1.07 bits per heavy atom. The molecule has 0 aliphatic heterocycles. The third kappa shape index (κ3) is 6.80. The van der Waals surface area contributed by atoms with Crippen molar-refractivity contribution in [2.75, 3.05) is 18.3 Å². The smallest absolute Gasteiger partial charge is 0.243 e. The first-order valence-corrected chi connectivity index (χ1v) is 11.8. The summed E-state index contributed by atoms with van der Waals surface area (Å²) in [5.41, 5.74) is 1.92. The molecular weight excluding hydrogens is 404 g/mol. The van der Waals surface area contributed by atoms with Gasteiger partial charge in [-0.3, -0.25) is 5.09 Å². The molecule has 9 heteroatoms. The van der Waals surface area contributed by atoms with E-state index in [1.165, 1.54) is 4.31 Å². The van der Waals surface area contributed by atoms with Crippen LogP contribution in [0.3, 0.4) is 0 Å². The molecule has 0 saturated heterocycles. The first-order chi connectivity index (χ1) is 13.8. The average molecular weight is 435 g/mol. The minimum Gasteiger partial charge on any atom is -0.434 e. The fourth-order valence-electron chi connectivity index (χ4n) is 3.13. The van der Waals surface area contributed by atoms with Crippen molar-refractivity contribution in [2.24, 2.45) is 5.92 Å². The van der Waals surface area contributed by atoms with Crippen molar-refractivity contribution in [3.05, 3.63) is 60.2 Å². The number of anilines is 1. The van der Waals surface area contributed by atoms with E-state index in [4.69, 9.17) is 0 Å². The molecule has 3 unspecified atom stereocenters. The summed E-state index contributed by atoms with van der Waals surface area (Å²) < 4.78 is 27.9. The lowest BCUT2D eigenvalue weighted by atomic mass is 10.0. The van der Waals surface area contributed by atoms with E-state index in [0.717, 1.165) is 11.3 Å². The van der Waals surface area contributed by atoms with Crippen molar-refractivity contribution in [3.63, 3.8) is 0 Å². The molecule has 0 aliphatic carbocycles. The summed E-state index contributed by atoms with van der Waals surface area (Å²) in [6, 6.07) is 16.2. The molecule has 0 fully saturated rings. The molecule has 3 atom stereocenters. The number of hydrogen-bond donors (Lipinski definition) is 3. The van der Waals surface area contributed by atoms with Gasteiger partial charge in [-0.15, -0.1) is 0 Å². The Hall–Kier alpha value is -1.44. The van der Waals surface area contributed by atoms with Crippen molar-refractivity contribution in [1.82, 2.24) is 9.39 Å². The van der Waals surface area contributed by atoms with Crippen molar-refractivity contribution in [1.29, 1.82) is 0 Å². The maximum Gasteiger partial charge on any atom is 0.243 e. The van der Waals surface area contributed by atoms with E-state index in [9.17, 15) is 13.5 Å². The predicted octanol–water partition coefficient (Wildman–Crippen LogP) is 1.65. The Labute approximate surface area is 177 Å². The zero-order valence-corrected chi connectivity index (χ0v) is 19.2. The molecule has 2 rings (SSSR count). The zero-order valence-electron chi connectivity index (χ0n) is 17.2. The molecule has 0 aromatic heterocycles. The lowest BCUT2D eigenvalue weighted by Crippen LogP contribution is -2.47. The van der Waals surface area contributed by atoms with Gasteiger partial charge in [0.15, 0.2) is 0 Å². The van der Waals surface area contributed by atoms with Crippen LogP contribution in [0.1, 0.15) is 19.4 Å². The summed E-state index contributed by atoms with van der Waals surface area (Å²) in [6.07, 6.45) is -0.268. The largest absolute Gasteiger partial charge is 0.434 e. The van der Waals surface area contributed by atoms with Crippen LogP contribution in [0.5, 0.6) is 0 Å². The van der Waals surface area contributed by atoms with Gasteiger partial charge in [0.05, 0.1) is 11.0 Å². The van der Waals surface area contributed by atoms with E-state index in [0.29, 0.717) is 13.0 Å². The maximum absolute atomic E-state index is 13.2. The van der Waals surface area contributed by atoms with Crippen LogP contribution >= 0.6 is 9.39 Å². The Kier molecular flexibility index (Phi) is 9.12. The predicted molar refractivity (Wildman–Crippen MR) is 125 cm³/mol. The quantitative estimate of drug-likeness (QED) is 0.370. The molecule has 0 spiro atoms. The highest BCUT2D eigenvalue weighted by Gasteiger charge is 2.30. The van der Waals surface area contributed by atoms with Gasteiger partial charge in [0.1, 0.15) is 0 Å². The monoisotopic (exact) mass is 435 g/mol. The van der Waals surface area contributed by atoms with E-state index in [2.05, 4.69) is 19.7 Å². The van der Waals surface area contributed by atoms with Gasteiger partial charge in [-0.1, -0.05) is 53.6 Å². The molecule has 3 N–H and O–H groups in total. The topological polar surface area (TPSA) is 81.7 Å². The van der Waals surface area contributed by atoms with Crippen molar-refractivity contribution < 1.29 is 13.5 Å². The lowest BCUT2D eigenvalue weighted by molar-refractivity contribution is 0.111. The SMILES string of the molecule is BNc1ccc(S(=O)(=O)N(CC(C)C)CC(O)C(Cc2ccccc2)NP)cc1. The van der Waals surface area contributed by atoms with Gasteiger partial charge in [-0.25, -0.2) is 8.42 Å². The number of sulfonamides is 1. The molecule has 0 heterocycles.